The van der Waals surface area contributed by atoms with Crippen molar-refractivity contribution in [2.24, 2.45) is 0 Å². The summed E-state index contributed by atoms with van der Waals surface area (Å²) in [5.41, 5.74) is 1.90. The normalized spacial score (nSPS) is 15.2. The Morgan fingerprint density at radius 3 is 2.84 bits per heavy atom. The fourth-order valence-corrected chi connectivity index (χ4v) is 3.26. The van der Waals surface area contributed by atoms with Crippen LogP contribution in [0.3, 0.4) is 0 Å². The van der Waals surface area contributed by atoms with Gasteiger partial charge in [0.05, 0.1) is 18.7 Å². The van der Waals surface area contributed by atoms with Crippen molar-refractivity contribution < 1.29 is 4.74 Å². The molecular formula is C19H23N5O. The third kappa shape index (κ3) is 4.25. The Bertz CT molecular complexity index is 749. The molecule has 6 nitrogen and oxygen atoms in total. The predicted octanol–water partition coefficient (Wildman–Crippen LogP) is 2.46. The van der Waals surface area contributed by atoms with Gasteiger partial charge in [0.1, 0.15) is 0 Å². The number of ether oxygens (including phenoxy) is 1. The second-order valence-electron chi connectivity index (χ2n) is 6.34. The highest BCUT2D eigenvalue weighted by Crippen LogP contribution is 2.21. The second-order valence-corrected chi connectivity index (χ2v) is 6.34. The van der Waals surface area contributed by atoms with Crippen molar-refractivity contribution in [3.05, 3.63) is 47.7 Å². The molecule has 130 valence electrons. The van der Waals surface area contributed by atoms with Gasteiger partial charge in [-0.15, -0.1) is 0 Å². The van der Waals surface area contributed by atoms with E-state index in [0.29, 0.717) is 11.9 Å². The quantitative estimate of drug-likeness (QED) is 0.835. The molecule has 0 atom stereocenters. The lowest BCUT2D eigenvalue weighted by Crippen LogP contribution is -2.43. The van der Waals surface area contributed by atoms with Crippen molar-refractivity contribution in [3.63, 3.8) is 0 Å². The van der Waals surface area contributed by atoms with E-state index in [0.717, 1.165) is 44.0 Å². The van der Waals surface area contributed by atoms with Gasteiger partial charge < -0.3 is 9.64 Å². The molecule has 0 N–H and O–H groups in total. The summed E-state index contributed by atoms with van der Waals surface area (Å²) in [6, 6.07) is 12.3. The van der Waals surface area contributed by atoms with Gasteiger partial charge in [-0.1, -0.05) is 12.1 Å². The van der Waals surface area contributed by atoms with Gasteiger partial charge in [-0.05, 0) is 37.6 Å². The summed E-state index contributed by atoms with van der Waals surface area (Å²) in [6.45, 7) is 2.72. The van der Waals surface area contributed by atoms with Gasteiger partial charge in [-0.2, -0.15) is 10.2 Å². The molecule has 0 amide bonds. The Morgan fingerprint density at radius 2 is 2.12 bits per heavy atom. The smallest absolute Gasteiger partial charge is 0.228 e. The fourth-order valence-electron chi connectivity index (χ4n) is 3.26. The van der Waals surface area contributed by atoms with Crippen LogP contribution in [0.2, 0.25) is 0 Å². The molecule has 3 rings (SSSR count). The Morgan fingerprint density at radius 1 is 1.32 bits per heavy atom. The minimum absolute atomic E-state index is 0.521. The van der Waals surface area contributed by atoms with Crippen molar-refractivity contribution in [1.82, 2.24) is 14.9 Å². The Balaban J connectivity index is 1.57. The van der Waals surface area contributed by atoms with Gasteiger partial charge in [0.25, 0.3) is 0 Å². The maximum Gasteiger partial charge on any atom is 0.228 e. The molecule has 1 saturated heterocycles. The van der Waals surface area contributed by atoms with E-state index >= 15 is 0 Å². The standard InChI is InChI=1S/C19H23N5O/c1-23(14-16-5-3-4-15(12-16)13-20)17-7-10-24(11-8-17)19-21-9-6-18(22-19)25-2/h3-6,9,12,17H,7-8,10-11,14H2,1-2H3. The van der Waals surface area contributed by atoms with Crippen LogP contribution in [0.5, 0.6) is 5.88 Å². The lowest BCUT2D eigenvalue weighted by Gasteiger charge is -2.36. The van der Waals surface area contributed by atoms with Crippen LogP contribution in [0.1, 0.15) is 24.0 Å². The van der Waals surface area contributed by atoms with E-state index in [1.807, 2.05) is 18.2 Å². The molecule has 0 bridgehead atoms. The summed E-state index contributed by atoms with van der Waals surface area (Å²) in [5.74, 6) is 1.34. The summed E-state index contributed by atoms with van der Waals surface area (Å²) >= 11 is 0. The highest BCUT2D eigenvalue weighted by molar-refractivity contribution is 5.34. The highest BCUT2D eigenvalue weighted by Gasteiger charge is 2.24. The summed E-state index contributed by atoms with van der Waals surface area (Å²) < 4.78 is 5.18. The Kier molecular flexibility index (Phi) is 5.46. The minimum Gasteiger partial charge on any atom is -0.481 e. The molecular weight excluding hydrogens is 314 g/mol. The van der Waals surface area contributed by atoms with Crippen molar-refractivity contribution >= 4 is 5.95 Å². The first-order valence-corrected chi connectivity index (χ1v) is 8.51. The van der Waals surface area contributed by atoms with Gasteiger partial charge >= 0.3 is 0 Å². The fraction of sp³-hybridized carbons (Fsp3) is 0.421. The van der Waals surface area contributed by atoms with Gasteiger partial charge in [-0.3, -0.25) is 4.90 Å². The van der Waals surface area contributed by atoms with E-state index in [4.69, 9.17) is 10.00 Å². The van der Waals surface area contributed by atoms with E-state index in [1.54, 1.807) is 19.4 Å². The summed E-state index contributed by atoms with van der Waals surface area (Å²) in [4.78, 5) is 13.4. The number of nitrogens with zero attached hydrogens (tertiary/aromatic N) is 5. The number of hydrogen-bond donors (Lipinski definition) is 0. The Labute approximate surface area is 148 Å². The van der Waals surface area contributed by atoms with E-state index < -0.39 is 0 Å². The molecule has 2 aromatic rings. The van der Waals surface area contributed by atoms with Crippen LogP contribution in [-0.4, -0.2) is 48.2 Å². The minimum atomic E-state index is 0.521. The van der Waals surface area contributed by atoms with Crippen molar-refractivity contribution in [3.8, 4) is 11.9 Å². The number of rotatable bonds is 5. The molecule has 0 aliphatic carbocycles. The van der Waals surface area contributed by atoms with Gasteiger partial charge in [0.2, 0.25) is 11.8 Å². The highest BCUT2D eigenvalue weighted by atomic mass is 16.5. The monoisotopic (exact) mass is 337 g/mol. The second kappa shape index (κ2) is 7.95. The van der Waals surface area contributed by atoms with Gasteiger partial charge in [-0.25, -0.2) is 4.98 Å². The number of hydrogen-bond acceptors (Lipinski definition) is 6. The van der Waals surface area contributed by atoms with Gasteiger partial charge in [0, 0.05) is 37.9 Å². The zero-order valence-electron chi connectivity index (χ0n) is 14.7. The average molecular weight is 337 g/mol. The van der Waals surface area contributed by atoms with Crippen LogP contribution in [0, 0.1) is 11.3 Å². The first kappa shape index (κ1) is 17.2. The van der Waals surface area contributed by atoms with E-state index in [9.17, 15) is 0 Å². The molecule has 6 heteroatoms. The summed E-state index contributed by atoms with van der Waals surface area (Å²) in [5, 5.41) is 9.03. The van der Waals surface area contributed by atoms with Gasteiger partial charge in [0.15, 0.2) is 0 Å². The molecule has 0 radical (unpaired) electrons. The molecule has 25 heavy (non-hydrogen) atoms. The zero-order valence-corrected chi connectivity index (χ0v) is 14.7. The average Bonchev–Trinajstić information content (AvgIpc) is 2.68. The van der Waals surface area contributed by atoms with Crippen LogP contribution in [0.15, 0.2) is 36.5 Å². The third-order valence-electron chi connectivity index (χ3n) is 4.69. The summed E-state index contributed by atoms with van der Waals surface area (Å²) in [7, 11) is 3.77. The van der Waals surface area contributed by atoms with Crippen molar-refractivity contribution in [2.75, 3.05) is 32.1 Å². The van der Waals surface area contributed by atoms with E-state index in [-0.39, 0.29) is 0 Å². The molecule has 1 aliphatic heterocycles. The third-order valence-corrected chi connectivity index (χ3v) is 4.69. The van der Waals surface area contributed by atoms with Crippen LogP contribution in [0.25, 0.3) is 0 Å². The van der Waals surface area contributed by atoms with Crippen molar-refractivity contribution in [1.29, 1.82) is 5.26 Å². The van der Waals surface area contributed by atoms with E-state index in [1.165, 1.54) is 5.56 Å². The number of nitriles is 1. The topological polar surface area (TPSA) is 65.3 Å². The number of aromatic nitrogens is 2. The van der Waals surface area contributed by atoms with Crippen LogP contribution >= 0.6 is 0 Å². The Hall–Kier alpha value is -2.65. The van der Waals surface area contributed by atoms with Crippen LogP contribution < -0.4 is 9.64 Å². The first-order valence-electron chi connectivity index (χ1n) is 8.51. The number of methoxy groups -OCH3 is 1. The number of piperidine rings is 1. The summed E-state index contributed by atoms with van der Waals surface area (Å²) in [6.07, 6.45) is 3.87. The van der Waals surface area contributed by atoms with Crippen LogP contribution in [-0.2, 0) is 6.54 Å². The molecule has 1 aromatic carbocycles. The lowest BCUT2D eigenvalue weighted by atomic mass is 10.0. The molecule has 2 heterocycles. The van der Waals surface area contributed by atoms with Crippen LogP contribution in [0.4, 0.5) is 5.95 Å². The predicted molar refractivity (Wildman–Crippen MR) is 96.4 cm³/mol. The SMILES string of the molecule is COc1ccnc(N2CCC(N(C)Cc3cccc(C#N)c3)CC2)n1. The molecule has 0 unspecified atom stereocenters. The number of anilines is 1. The maximum atomic E-state index is 9.03. The molecule has 0 spiro atoms. The zero-order chi connectivity index (χ0) is 17.6. The molecule has 1 aromatic heterocycles. The molecule has 1 fully saturated rings. The van der Waals surface area contributed by atoms with E-state index in [2.05, 4.69) is 39.0 Å². The lowest BCUT2D eigenvalue weighted by molar-refractivity contribution is 0.199. The molecule has 0 saturated carbocycles. The maximum absolute atomic E-state index is 9.03. The largest absolute Gasteiger partial charge is 0.481 e. The molecule has 1 aliphatic rings. The first-order chi connectivity index (χ1) is 12.2. The number of benzene rings is 1. The van der Waals surface area contributed by atoms with Crippen molar-refractivity contribution in [2.45, 2.75) is 25.4 Å².